The van der Waals surface area contributed by atoms with Gasteiger partial charge >= 0.3 is 6.18 Å². The summed E-state index contributed by atoms with van der Waals surface area (Å²) >= 11 is 6.26. The summed E-state index contributed by atoms with van der Waals surface area (Å²) in [6, 6.07) is 14.7. The fourth-order valence-electron chi connectivity index (χ4n) is 3.44. The minimum absolute atomic E-state index is 0.0447. The molecule has 0 radical (unpaired) electrons. The first kappa shape index (κ1) is 23.8. The van der Waals surface area contributed by atoms with Gasteiger partial charge in [-0.2, -0.15) is 13.2 Å². The van der Waals surface area contributed by atoms with E-state index in [1.54, 1.807) is 19.1 Å². The molecule has 4 rings (SSSR count). The number of nitrogens with zero attached hydrogens (tertiary/aromatic N) is 2. The quantitative estimate of drug-likeness (QED) is 0.403. The standard InChI is InChI=1S/C23H17ClF3N3O3S/c1-14-28-20-11-6-15(12-21(20)30(14)13-16-4-2-3-5-19(16)24)22(31)29-34(32,33)18-9-7-17(8-10-18)23(25,26)27/h2-12H,13H2,1H3,(H,29,31). The molecular weight excluding hydrogens is 491 g/mol. The van der Waals surface area contributed by atoms with Crippen LogP contribution in [0.3, 0.4) is 0 Å². The monoisotopic (exact) mass is 507 g/mol. The summed E-state index contributed by atoms with van der Waals surface area (Å²) in [6.07, 6.45) is -4.61. The normalized spacial score (nSPS) is 12.1. The molecule has 6 nitrogen and oxygen atoms in total. The Kier molecular flexibility index (Phi) is 6.13. The van der Waals surface area contributed by atoms with Gasteiger partial charge in [-0.15, -0.1) is 0 Å². The Balaban J connectivity index is 1.62. The van der Waals surface area contributed by atoms with Gasteiger partial charge < -0.3 is 4.57 Å². The van der Waals surface area contributed by atoms with Crippen molar-refractivity contribution in [2.45, 2.75) is 24.5 Å². The van der Waals surface area contributed by atoms with Crippen LogP contribution in [0.5, 0.6) is 0 Å². The lowest BCUT2D eigenvalue weighted by Crippen LogP contribution is -2.30. The van der Waals surface area contributed by atoms with E-state index in [-0.39, 0.29) is 5.56 Å². The Morgan fingerprint density at radius 3 is 2.38 bits per heavy atom. The molecule has 34 heavy (non-hydrogen) atoms. The first-order valence-electron chi connectivity index (χ1n) is 9.90. The molecular formula is C23H17ClF3N3O3S. The van der Waals surface area contributed by atoms with E-state index in [1.165, 1.54) is 12.1 Å². The van der Waals surface area contributed by atoms with Crippen LogP contribution in [0, 0.1) is 6.92 Å². The molecule has 11 heteroatoms. The van der Waals surface area contributed by atoms with Gasteiger partial charge in [-0.05, 0) is 61.0 Å². The van der Waals surface area contributed by atoms with E-state index in [2.05, 4.69) is 4.98 Å². The number of aromatic nitrogens is 2. The van der Waals surface area contributed by atoms with Crippen molar-refractivity contribution in [1.82, 2.24) is 14.3 Å². The summed E-state index contributed by atoms with van der Waals surface area (Å²) in [7, 11) is -4.39. The van der Waals surface area contributed by atoms with Crippen LogP contribution in [-0.2, 0) is 22.7 Å². The zero-order valence-corrected chi connectivity index (χ0v) is 19.2. The number of nitrogens with one attached hydrogen (secondary N) is 1. The van der Waals surface area contributed by atoms with Crippen LogP contribution in [0.4, 0.5) is 13.2 Å². The minimum Gasteiger partial charge on any atom is -0.324 e. The third-order valence-corrected chi connectivity index (χ3v) is 6.92. The summed E-state index contributed by atoms with van der Waals surface area (Å²) in [5, 5.41) is 0.570. The molecule has 0 spiro atoms. The summed E-state index contributed by atoms with van der Waals surface area (Å²) < 4.78 is 67.0. The largest absolute Gasteiger partial charge is 0.416 e. The summed E-state index contributed by atoms with van der Waals surface area (Å²) in [5.74, 6) is -0.255. The number of fused-ring (bicyclic) bond motifs is 1. The number of hydrogen-bond donors (Lipinski definition) is 1. The second-order valence-corrected chi connectivity index (χ2v) is 9.59. The van der Waals surface area contributed by atoms with Crippen molar-refractivity contribution < 1.29 is 26.4 Å². The van der Waals surface area contributed by atoms with Gasteiger partial charge in [0, 0.05) is 10.6 Å². The highest BCUT2D eigenvalue weighted by molar-refractivity contribution is 7.90. The van der Waals surface area contributed by atoms with Gasteiger partial charge in [-0.25, -0.2) is 18.1 Å². The van der Waals surface area contributed by atoms with Crippen LogP contribution in [-0.4, -0.2) is 23.9 Å². The molecule has 1 heterocycles. The molecule has 4 aromatic rings. The molecule has 0 saturated carbocycles. The van der Waals surface area contributed by atoms with Crippen molar-refractivity contribution in [3.8, 4) is 0 Å². The number of imidazole rings is 1. The lowest BCUT2D eigenvalue weighted by atomic mass is 10.2. The first-order valence-corrected chi connectivity index (χ1v) is 11.8. The predicted octanol–water partition coefficient (Wildman–Crippen LogP) is 5.18. The van der Waals surface area contributed by atoms with Crippen LogP contribution in [0.1, 0.15) is 27.3 Å². The number of rotatable bonds is 5. The Bertz CT molecular complexity index is 1500. The molecule has 0 aliphatic rings. The second kappa shape index (κ2) is 8.77. The number of sulfonamides is 1. The lowest BCUT2D eigenvalue weighted by molar-refractivity contribution is -0.137. The van der Waals surface area contributed by atoms with Crippen molar-refractivity contribution in [2.24, 2.45) is 0 Å². The number of amides is 1. The molecule has 0 fully saturated rings. The number of aryl methyl sites for hydroxylation is 1. The molecule has 3 aromatic carbocycles. The van der Waals surface area contributed by atoms with Gasteiger partial charge in [0.05, 0.1) is 28.0 Å². The van der Waals surface area contributed by atoms with Crippen LogP contribution < -0.4 is 4.72 Å². The van der Waals surface area contributed by atoms with E-state index in [0.717, 1.165) is 17.7 Å². The van der Waals surface area contributed by atoms with Gasteiger partial charge in [0.1, 0.15) is 5.82 Å². The highest BCUT2D eigenvalue weighted by atomic mass is 35.5. The number of hydrogen-bond acceptors (Lipinski definition) is 4. The van der Waals surface area contributed by atoms with Crippen molar-refractivity contribution in [3.63, 3.8) is 0 Å². The molecule has 0 unspecified atom stereocenters. The number of alkyl halides is 3. The van der Waals surface area contributed by atoms with Crippen LogP contribution in [0.2, 0.25) is 5.02 Å². The Morgan fingerprint density at radius 1 is 1.06 bits per heavy atom. The van der Waals surface area contributed by atoms with Gasteiger partial charge in [0.25, 0.3) is 15.9 Å². The average molecular weight is 508 g/mol. The number of benzene rings is 3. The molecule has 1 aromatic heterocycles. The molecule has 0 saturated heterocycles. The first-order chi connectivity index (χ1) is 16.0. The van der Waals surface area contributed by atoms with E-state index in [0.29, 0.717) is 40.6 Å². The lowest BCUT2D eigenvalue weighted by Gasteiger charge is -2.11. The van der Waals surface area contributed by atoms with Crippen molar-refractivity contribution in [3.05, 3.63) is 94.3 Å². The molecule has 0 aliphatic carbocycles. The third kappa shape index (κ3) is 4.78. The predicted molar refractivity (Wildman–Crippen MR) is 121 cm³/mol. The maximum absolute atomic E-state index is 12.7. The Hall–Kier alpha value is -3.37. The summed E-state index contributed by atoms with van der Waals surface area (Å²) in [6.45, 7) is 2.18. The van der Waals surface area contributed by atoms with Crippen LogP contribution in [0.15, 0.2) is 71.6 Å². The van der Waals surface area contributed by atoms with E-state index in [4.69, 9.17) is 11.6 Å². The molecule has 0 atom stereocenters. The SMILES string of the molecule is Cc1nc2ccc(C(=O)NS(=O)(=O)c3ccc(C(F)(F)F)cc3)cc2n1Cc1ccccc1Cl. The number of carbonyl (C=O) groups is 1. The fraction of sp³-hybridized carbons (Fsp3) is 0.130. The Labute approximate surface area is 198 Å². The van der Waals surface area contributed by atoms with Gasteiger partial charge in [-0.1, -0.05) is 29.8 Å². The van der Waals surface area contributed by atoms with E-state index < -0.39 is 32.6 Å². The van der Waals surface area contributed by atoms with Gasteiger partial charge in [0.15, 0.2) is 0 Å². The second-order valence-electron chi connectivity index (χ2n) is 7.50. The van der Waals surface area contributed by atoms with Gasteiger partial charge in [-0.3, -0.25) is 4.79 Å². The molecule has 176 valence electrons. The summed E-state index contributed by atoms with van der Waals surface area (Å²) in [5.41, 5.74) is 1.09. The van der Waals surface area contributed by atoms with Crippen molar-refractivity contribution in [1.29, 1.82) is 0 Å². The van der Waals surface area contributed by atoms with E-state index in [1.807, 2.05) is 27.5 Å². The highest BCUT2D eigenvalue weighted by Crippen LogP contribution is 2.30. The molecule has 0 aliphatic heterocycles. The van der Waals surface area contributed by atoms with Crippen LogP contribution in [0.25, 0.3) is 11.0 Å². The third-order valence-electron chi connectivity index (χ3n) is 5.21. The topological polar surface area (TPSA) is 81.1 Å². The van der Waals surface area contributed by atoms with Crippen molar-refractivity contribution in [2.75, 3.05) is 0 Å². The smallest absolute Gasteiger partial charge is 0.324 e. The zero-order valence-electron chi connectivity index (χ0n) is 17.6. The highest BCUT2D eigenvalue weighted by Gasteiger charge is 2.31. The average Bonchev–Trinajstić information content (AvgIpc) is 3.09. The number of halogens is 4. The molecule has 1 N–H and O–H groups in total. The van der Waals surface area contributed by atoms with E-state index >= 15 is 0 Å². The summed E-state index contributed by atoms with van der Waals surface area (Å²) in [4.78, 5) is 16.7. The van der Waals surface area contributed by atoms with Gasteiger partial charge in [0.2, 0.25) is 0 Å². The van der Waals surface area contributed by atoms with Crippen molar-refractivity contribution >= 4 is 38.6 Å². The minimum atomic E-state index is -4.61. The fourth-order valence-corrected chi connectivity index (χ4v) is 4.61. The Morgan fingerprint density at radius 2 is 1.74 bits per heavy atom. The number of carbonyl (C=O) groups excluding carboxylic acids is 1. The van der Waals surface area contributed by atoms with Crippen LogP contribution >= 0.6 is 11.6 Å². The molecule has 1 amide bonds. The maximum atomic E-state index is 12.7. The zero-order chi connectivity index (χ0) is 24.7. The molecule has 0 bridgehead atoms. The maximum Gasteiger partial charge on any atom is 0.416 e. The van der Waals surface area contributed by atoms with E-state index in [9.17, 15) is 26.4 Å².